The van der Waals surface area contributed by atoms with Crippen molar-refractivity contribution >= 4 is 27.8 Å². The number of nitrogens with one attached hydrogen (secondary N) is 2. The molecule has 2 aromatic carbocycles. The summed E-state index contributed by atoms with van der Waals surface area (Å²) in [5.41, 5.74) is 0.595. The molecule has 5 rings (SSSR count). The van der Waals surface area contributed by atoms with Crippen molar-refractivity contribution in [3.63, 3.8) is 0 Å². The Balaban J connectivity index is 0.00000156. The molecule has 0 atom stereocenters. The number of halogens is 1. The number of carbonyl (C=O) groups is 1. The number of rotatable bonds is 5. The van der Waals surface area contributed by atoms with Gasteiger partial charge < -0.3 is 24.4 Å². The van der Waals surface area contributed by atoms with E-state index >= 15 is 0 Å². The van der Waals surface area contributed by atoms with Crippen LogP contribution in [0.1, 0.15) is 35.5 Å². The van der Waals surface area contributed by atoms with Crippen LogP contribution in [0.15, 0.2) is 64.3 Å². The van der Waals surface area contributed by atoms with Gasteiger partial charge in [-0.1, -0.05) is 13.8 Å². The summed E-state index contributed by atoms with van der Waals surface area (Å²) in [6, 6.07) is 12.7. The number of fused-ring (bicyclic) bond motifs is 2. The van der Waals surface area contributed by atoms with E-state index in [1.54, 1.807) is 37.3 Å². The largest absolute Gasteiger partial charge is 0.497 e. The first-order valence-corrected chi connectivity index (χ1v) is 11.7. The Morgan fingerprint density at radius 3 is 2.51 bits per heavy atom. The van der Waals surface area contributed by atoms with Gasteiger partial charge in [-0.2, -0.15) is 0 Å². The molecule has 3 heterocycles. The zero-order valence-corrected chi connectivity index (χ0v) is 20.8. The first-order chi connectivity index (χ1) is 17.8. The molecule has 0 fully saturated rings. The number of aromatic nitrogens is 3. The molecule has 0 unspecified atom stereocenters. The van der Waals surface area contributed by atoms with Crippen molar-refractivity contribution in [2.24, 2.45) is 0 Å². The third-order valence-corrected chi connectivity index (χ3v) is 6.09. The third kappa shape index (κ3) is 4.51. The van der Waals surface area contributed by atoms with Crippen molar-refractivity contribution in [2.75, 3.05) is 7.11 Å². The predicted molar refractivity (Wildman–Crippen MR) is 141 cm³/mol. The monoisotopic (exact) mass is 503 g/mol. The van der Waals surface area contributed by atoms with Gasteiger partial charge in [-0.3, -0.25) is 9.59 Å². The molecule has 9 heteroatoms. The Morgan fingerprint density at radius 2 is 1.84 bits per heavy atom. The molecule has 0 saturated carbocycles. The second-order valence-electron chi connectivity index (χ2n) is 8.22. The Hall–Kier alpha value is -4.66. The van der Waals surface area contributed by atoms with E-state index in [4.69, 9.17) is 4.74 Å². The van der Waals surface area contributed by atoms with E-state index in [-0.39, 0.29) is 34.4 Å². The lowest BCUT2D eigenvalue weighted by Gasteiger charge is -2.10. The molecule has 0 saturated heterocycles. The van der Waals surface area contributed by atoms with Crippen LogP contribution in [0.4, 0.5) is 4.39 Å². The molecule has 0 aliphatic rings. The van der Waals surface area contributed by atoms with Gasteiger partial charge in [0.2, 0.25) is 0 Å². The fraction of sp³-hybridized carbons (Fsp3) is 0.179. The maximum absolute atomic E-state index is 14.6. The minimum atomic E-state index is -1.31. The summed E-state index contributed by atoms with van der Waals surface area (Å²) in [4.78, 5) is 43.4. The number of carboxylic acid groups (broad SMARTS) is 1. The number of methoxy groups -OCH3 is 1. The zero-order valence-electron chi connectivity index (χ0n) is 20.8. The topological polar surface area (TPSA) is 117 Å². The molecule has 0 aliphatic carbocycles. The second-order valence-corrected chi connectivity index (χ2v) is 8.22. The lowest BCUT2D eigenvalue weighted by Crippen LogP contribution is -2.19. The quantitative estimate of drug-likeness (QED) is 0.310. The molecule has 0 aliphatic heterocycles. The molecule has 3 aromatic heterocycles. The predicted octanol–water partition coefficient (Wildman–Crippen LogP) is 5.07. The number of H-pyrrole nitrogens is 2. The molecule has 0 amide bonds. The molecule has 3 N–H and O–H groups in total. The molecule has 0 radical (unpaired) electrons. The number of hydrogen-bond donors (Lipinski definition) is 3. The Morgan fingerprint density at radius 1 is 1.08 bits per heavy atom. The average molecular weight is 504 g/mol. The van der Waals surface area contributed by atoms with Crippen molar-refractivity contribution in [2.45, 2.75) is 27.3 Å². The number of benzene rings is 2. The summed E-state index contributed by atoms with van der Waals surface area (Å²) >= 11 is 0. The Labute approximate surface area is 211 Å². The van der Waals surface area contributed by atoms with E-state index in [9.17, 15) is 23.9 Å². The summed E-state index contributed by atoms with van der Waals surface area (Å²) < 4.78 is 21.2. The highest BCUT2D eigenvalue weighted by atomic mass is 19.1. The number of pyridine rings is 2. The minimum absolute atomic E-state index is 0.138. The molecule has 37 heavy (non-hydrogen) atoms. The minimum Gasteiger partial charge on any atom is -0.497 e. The van der Waals surface area contributed by atoms with Crippen molar-refractivity contribution in [3.8, 4) is 16.9 Å². The standard InChI is InChI=1S/C26H20FN3O5.C2H6/c1-13-8-18-21(11-19(13)27)30(23(26(33)34)22(18)17-4-3-7-28-25(17)32)12-15-9-14-5-6-16(35-2)10-20(14)29-24(15)31;1-2/h3-11H,12H2,1-2H3,(H,28,32)(H,29,31)(H,33,34);1-2H3. The summed E-state index contributed by atoms with van der Waals surface area (Å²) in [7, 11) is 1.52. The van der Waals surface area contributed by atoms with Gasteiger partial charge in [0.15, 0.2) is 0 Å². The number of aryl methyl sites for hydroxylation is 1. The van der Waals surface area contributed by atoms with Gasteiger partial charge in [0.05, 0.1) is 24.7 Å². The van der Waals surface area contributed by atoms with Gasteiger partial charge in [0, 0.05) is 34.3 Å². The van der Waals surface area contributed by atoms with Gasteiger partial charge in [-0.25, -0.2) is 9.18 Å². The first-order valence-electron chi connectivity index (χ1n) is 11.7. The molecular weight excluding hydrogens is 477 g/mol. The molecule has 5 aromatic rings. The van der Waals surface area contributed by atoms with E-state index in [1.807, 2.05) is 13.8 Å². The maximum atomic E-state index is 14.6. The van der Waals surface area contributed by atoms with E-state index in [0.29, 0.717) is 22.2 Å². The van der Waals surface area contributed by atoms with Crippen LogP contribution in [0, 0.1) is 12.7 Å². The lowest BCUT2D eigenvalue weighted by atomic mass is 10.0. The fourth-order valence-electron chi connectivity index (χ4n) is 4.40. The molecule has 8 nitrogen and oxygen atoms in total. The SMILES string of the molecule is CC.COc1ccc2cc(Cn3c(C(=O)O)c(-c4ccc[nH]c4=O)c4cc(C)c(F)cc43)c(=O)[nH]c2c1. The van der Waals surface area contributed by atoms with E-state index in [1.165, 1.54) is 36.1 Å². The van der Waals surface area contributed by atoms with Crippen LogP contribution in [0.3, 0.4) is 0 Å². The summed E-state index contributed by atoms with van der Waals surface area (Å²) in [5, 5.41) is 11.3. The maximum Gasteiger partial charge on any atom is 0.353 e. The van der Waals surface area contributed by atoms with Crippen LogP contribution in [0.25, 0.3) is 32.9 Å². The highest BCUT2D eigenvalue weighted by Gasteiger charge is 2.26. The van der Waals surface area contributed by atoms with Crippen LogP contribution in [0.5, 0.6) is 5.75 Å². The van der Waals surface area contributed by atoms with Crippen LogP contribution >= 0.6 is 0 Å². The first kappa shape index (κ1) is 25.4. The molecular formula is C28H26FN3O5. The highest BCUT2D eigenvalue weighted by Crippen LogP contribution is 2.35. The number of carboxylic acids is 1. The molecule has 190 valence electrons. The number of hydrogen-bond acceptors (Lipinski definition) is 4. The van der Waals surface area contributed by atoms with Gasteiger partial charge in [0.25, 0.3) is 11.1 Å². The normalized spacial score (nSPS) is 10.8. The second kappa shape index (κ2) is 10.1. The Bertz CT molecular complexity index is 1760. The van der Waals surface area contributed by atoms with Gasteiger partial charge >= 0.3 is 5.97 Å². The summed E-state index contributed by atoms with van der Waals surface area (Å²) in [6.07, 6.45) is 1.44. The number of nitrogens with zero attached hydrogens (tertiary/aromatic N) is 1. The number of ether oxygens (including phenoxy) is 1. The van der Waals surface area contributed by atoms with E-state index in [2.05, 4.69) is 9.97 Å². The van der Waals surface area contributed by atoms with E-state index < -0.39 is 22.9 Å². The van der Waals surface area contributed by atoms with Crippen molar-refractivity contribution in [1.29, 1.82) is 0 Å². The van der Waals surface area contributed by atoms with Crippen LogP contribution in [-0.2, 0) is 6.54 Å². The van der Waals surface area contributed by atoms with Gasteiger partial charge in [-0.05, 0) is 60.3 Å². The highest BCUT2D eigenvalue weighted by molar-refractivity contribution is 6.08. The summed E-state index contributed by atoms with van der Waals surface area (Å²) in [5.74, 6) is -1.25. The fourth-order valence-corrected chi connectivity index (χ4v) is 4.40. The third-order valence-electron chi connectivity index (χ3n) is 6.09. The van der Waals surface area contributed by atoms with Gasteiger partial charge in [0.1, 0.15) is 17.3 Å². The van der Waals surface area contributed by atoms with Gasteiger partial charge in [-0.15, -0.1) is 0 Å². The average Bonchev–Trinajstić information content (AvgIpc) is 3.18. The van der Waals surface area contributed by atoms with Crippen molar-refractivity contribution in [1.82, 2.24) is 14.5 Å². The number of aromatic carboxylic acids is 1. The van der Waals surface area contributed by atoms with Crippen LogP contribution in [-0.4, -0.2) is 32.7 Å². The zero-order chi connectivity index (χ0) is 26.9. The smallest absolute Gasteiger partial charge is 0.353 e. The van der Waals surface area contributed by atoms with Crippen molar-refractivity contribution < 1.29 is 19.0 Å². The van der Waals surface area contributed by atoms with Crippen molar-refractivity contribution in [3.05, 3.63) is 98.1 Å². The molecule has 0 bridgehead atoms. The summed E-state index contributed by atoms with van der Waals surface area (Å²) in [6.45, 7) is 5.41. The van der Waals surface area contributed by atoms with Crippen LogP contribution < -0.4 is 15.9 Å². The Kier molecular flexibility index (Phi) is 6.97. The van der Waals surface area contributed by atoms with Crippen LogP contribution in [0.2, 0.25) is 0 Å². The van der Waals surface area contributed by atoms with E-state index in [0.717, 1.165) is 5.39 Å². The number of aromatic amines is 2. The lowest BCUT2D eigenvalue weighted by molar-refractivity contribution is 0.0687. The molecule has 0 spiro atoms.